The second-order valence-electron chi connectivity index (χ2n) is 5.37. The van der Waals surface area contributed by atoms with Gasteiger partial charge in [-0.15, -0.1) is 0 Å². The van der Waals surface area contributed by atoms with Crippen molar-refractivity contribution in [3.05, 3.63) is 22.8 Å². The summed E-state index contributed by atoms with van der Waals surface area (Å²) >= 11 is 0. The Kier molecular flexibility index (Phi) is 3.22. The first-order chi connectivity index (χ1) is 8.74. The maximum absolute atomic E-state index is 12.4. The number of rotatable bonds is 1. The van der Waals surface area contributed by atoms with Crippen LogP contribution in [-0.4, -0.2) is 62.1 Å². The van der Waals surface area contributed by atoms with Crippen molar-refractivity contribution in [2.45, 2.75) is 12.8 Å². The molecule has 1 saturated heterocycles. The van der Waals surface area contributed by atoms with Gasteiger partial charge in [0, 0.05) is 31.8 Å². The Hall–Kier alpha value is -1.13. The van der Waals surface area contributed by atoms with Crippen LogP contribution in [0.3, 0.4) is 0 Å². The van der Waals surface area contributed by atoms with Crippen LogP contribution >= 0.6 is 0 Å². The Morgan fingerprint density at radius 1 is 1.28 bits per heavy atom. The first-order valence-corrected chi connectivity index (χ1v) is 6.71. The van der Waals surface area contributed by atoms with E-state index in [0.29, 0.717) is 6.61 Å². The van der Waals surface area contributed by atoms with Crippen LogP contribution in [0.25, 0.3) is 0 Å². The van der Waals surface area contributed by atoms with Gasteiger partial charge in [0.25, 0.3) is 0 Å². The third kappa shape index (κ3) is 2.22. The Bertz CT molecular complexity index is 418. The molecule has 0 saturated carbocycles. The second-order valence-corrected chi connectivity index (χ2v) is 5.37. The molecule has 1 aliphatic carbocycles. The normalized spacial score (nSPS) is 25.2. The van der Waals surface area contributed by atoms with Crippen molar-refractivity contribution < 1.29 is 9.53 Å². The van der Waals surface area contributed by atoms with E-state index in [1.165, 1.54) is 11.1 Å². The third-order valence-electron chi connectivity index (χ3n) is 4.08. The Morgan fingerprint density at radius 2 is 2.06 bits per heavy atom. The summed E-state index contributed by atoms with van der Waals surface area (Å²) in [6.45, 7) is 5.17. The molecular formula is C14H20N2O2. The molecule has 3 rings (SSSR count). The van der Waals surface area contributed by atoms with Gasteiger partial charge in [-0.05, 0) is 31.5 Å². The number of carbonyl (C=O) groups excluding carboxylic acids is 1. The molecule has 2 aliphatic heterocycles. The number of hydrogen-bond donors (Lipinski definition) is 0. The fourth-order valence-corrected chi connectivity index (χ4v) is 2.83. The second kappa shape index (κ2) is 4.86. The quantitative estimate of drug-likeness (QED) is 0.688. The number of ether oxygens (including phenoxy) is 1. The van der Waals surface area contributed by atoms with Crippen molar-refractivity contribution in [2.75, 3.05) is 46.4 Å². The number of amides is 1. The number of piperazine rings is 1. The highest BCUT2D eigenvalue weighted by Gasteiger charge is 2.27. The summed E-state index contributed by atoms with van der Waals surface area (Å²) in [6.07, 6.45) is 3.91. The summed E-state index contributed by atoms with van der Waals surface area (Å²) in [5.74, 6) is 0.234. The molecule has 0 N–H and O–H groups in total. The Labute approximate surface area is 108 Å². The zero-order valence-corrected chi connectivity index (χ0v) is 10.9. The minimum Gasteiger partial charge on any atom is -0.376 e. The smallest absolute Gasteiger partial charge is 0.250 e. The highest BCUT2D eigenvalue weighted by atomic mass is 16.5. The van der Waals surface area contributed by atoms with Gasteiger partial charge in [-0.1, -0.05) is 5.57 Å². The zero-order chi connectivity index (χ0) is 12.5. The highest BCUT2D eigenvalue weighted by molar-refractivity contribution is 5.95. The lowest BCUT2D eigenvalue weighted by Gasteiger charge is -2.32. The molecular weight excluding hydrogens is 228 g/mol. The molecule has 18 heavy (non-hydrogen) atoms. The molecule has 1 amide bonds. The fourth-order valence-electron chi connectivity index (χ4n) is 2.83. The summed E-state index contributed by atoms with van der Waals surface area (Å²) in [5, 5.41) is 0. The van der Waals surface area contributed by atoms with Crippen molar-refractivity contribution in [3.8, 4) is 0 Å². The minimum atomic E-state index is 0.234. The standard InChI is InChI=1S/C14H20N2O2/c1-15-3-5-16(6-4-15)14(17)12-8-11-2-7-18-10-13(11)9-12/h9H,2-8,10H2,1H3. The molecule has 98 valence electrons. The van der Waals surface area contributed by atoms with Crippen LogP contribution in [0.2, 0.25) is 0 Å². The van der Waals surface area contributed by atoms with Crippen LogP contribution in [0, 0.1) is 0 Å². The Balaban J connectivity index is 1.65. The number of hydrogen-bond acceptors (Lipinski definition) is 3. The van der Waals surface area contributed by atoms with Gasteiger partial charge < -0.3 is 14.5 Å². The molecule has 0 atom stereocenters. The van der Waals surface area contributed by atoms with E-state index in [1.807, 2.05) is 4.90 Å². The lowest BCUT2D eigenvalue weighted by atomic mass is 10.0. The summed E-state index contributed by atoms with van der Waals surface area (Å²) in [6, 6.07) is 0. The van der Waals surface area contributed by atoms with Gasteiger partial charge in [0.1, 0.15) is 0 Å². The average molecular weight is 248 g/mol. The monoisotopic (exact) mass is 248 g/mol. The van der Waals surface area contributed by atoms with Gasteiger partial charge in [-0.2, -0.15) is 0 Å². The summed E-state index contributed by atoms with van der Waals surface area (Å²) < 4.78 is 5.44. The molecule has 4 heteroatoms. The van der Waals surface area contributed by atoms with Gasteiger partial charge in [0.05, 0.1) is 13.2 Å². The van der Waals surface area contributed by atoms with Gasteiger partial charge in [0.15, 0.2) is 0 Å². The van der Waals surface area contributed by atoms with Gasteiger partial charge in [-0.3, -0.25) is 4.79 Å². The minimum absolute atomic E-state index is 0.234. The molecule has 0 spiro atoms. The average Bonchev–Trinajstić information content (AvgIpc) is 2.82. The van der Waals surface area contributed by atoms with Crippen LogP contribution in [0.15, 0.2) is 22.8 Å². The largest absolute Gasteiger partial charge is 0.376 e. The van der Waals surface area contributed by atoms with Gasteiger partial charge in [-0.25, -0.2) is 0 Å². The fraction of sp³-hybridized carbons (Fsp3) is 0.643. The molecule has 0 radical (unpaired) electrons. The molecule has 4 nitrogen and oxygen atoms in total. The molecule has 1 fully saturated rings. The molecule has 0 bridgehead atoms. The maximum Gasteiger partial charge on any atom is 0.250 e. The number of likely N-dealkylation sites (N-methyl/N-ethyl adjacent to an activating group) is 1. The van der Waals surface area contributed by atoms with E-state index in [-0.39, 0.29) is 5.91 Å². The Morgan fingerprint density at radius 3 is 2.78 bits per heavy atom. The van der Waals surface area contributed by atoms with Crippen LogP contribution < -0.4 is 0 Å². The summed E-state index contributed by atoms with van der Waals surface area (Å²) in [7, 11) is 2.11. The topological polar surface area (TPSA) is 32.8 Å². The van der Waals surface area contributed by atoms with E-state index < -0.39 is 0 Å². The lowest BCUT2D eigenvalue weighted by Crippen LogP contribution is -2.47. The molecule has 3 aliphatic rings. The van der Waals surface area contributed by atoms with Crippen molar-refractivity contribution >= 4 is 5.91 Å². The molecule has 0 aromatic carbocycles. The van der Waals surface area contributed by atoms with E-state index in [0.717, 1.165) is 51.2 Å². The molecule has 0 aromatic heterocycles. The van der Waals surface area contributed by atoms with E-state index in [4.69, 9.17) is 4.74 Å². The molecule has 2 heterocycles. The van der Waals surface area contributed by atoms with Crippen LogP contribution in [0.4, 0.5) is 0 Å². The maximum atomic E-state index is 12.4. The van der Waals surface area contributed by atoms with Crippen molar-refractivity contribution in [1.29, 1.82) is 0 Å². The van der Waals surface area contributed by atoms with E-state index in [9.17, 15) is 4.79 Å². The van der Waals surface area contributed by atoms with Crippen molar-refractivity contribution in [1.82, 2.24) is 9.80 Å². The first kappa shape index (κ1) is 11.9. The van der Waals surface area contributed by atoms with Crippen LogP contribution in [0.5, 0.6) is 0 Å². The van der Waals surface area contributed by atoms with Gasteiger partial charge in [0.2, 0.25) is 5.91 Å². The lowest BCUT2D eigenvalue weighted by molar-refractivity contribution is -0.128. The SMILES string of the molecule is CN1CCN(C(=O)C2=CC3=C(CCOC3)C2)CC1. The van der Waals surface area contributed by atoms with Crippen LogP contribution in [0.1, 0.15) is 12.8 Å². The van der Waals surface area contributed by atoms with E-state index >= 15 is 0 Å². The zero-order valence-electron chi connectivity index (χ0n) is 10.9. The predicted octanol–water partition coefficient (Wildman–Crippen LogP) is 0.807. The molecule has 0 unspecified atom stereocenters. The van der Waals surface area contributed by atoms with Crippen molar-refractivity contribution in [3.63, 3.8) is 0 Å². The van der Waals surface area contributed by atoms with Crippen LogP contribution in [-0.2, 0) is 9.53 Å². The molecule has 0 aromatic rings. The predicted molar refractivity (Wildman–Crippen MR) is 69.2 cm³/mol. The summed E-state index contributed by atoms with van der Waals surface area (Å²) in [5.41, 5.74) is 3.63. The highest BCUT2D eigenvalue weighted by Crippen LogP contribution is 2.31. The number of carbonyl (C=O) groups is 1. The van der Waals surface area contributed by atoms with E-state index in [2.05, 4.69) is 18.0 Å². The first-order valence-electron chi connectivity index (χ1n) is 6.71. The number of nitrogens with zero attached hydrogens (tertiary/aromatic N) is 2. The van der Waals surface area contributed by atoms with Gasteiger partial charge >= 0.3 is 0 Å². The summed E-state index contributed by atoms with van der Waals surface area (Å²) in [4.78, 5) is 16.7. The van der Waals surface area contributed by atoms with E-state index in [1.54, 1.807) is 0 Å². The van der Waals surface area contributed by atoms with Crippen molar-refractivity contribution in [2.24, 2.45) is 0 Å². The third-order valence-corrected chi connectivity index (χ3v) is 4.08.